The van der Waals surface area contributed by atoms with Gasteiger partial charge in [-0.1, -0.05) is 30.3 Å². The lowest BCUT2D eigenvalue weighted by molar-refractivity contribution is -0.159. The predicted octanol–water partition coefficient (Wildman–Crippen LogP) is 2.85. The first kappa shape index (κ1) is 18.7. The lowest BCUT2D eigenvalue weighted by Crippen LogP contribution is -2.50. The Hall–Kier alpha value is -2.08. The number of rotatable bonds is 3. The lowest BCUT2D eigenvalue weighted by Gasteiger charge is -2.35. The fourth-order valence-corrected chi connectivity index (χ4v) is 3.75. The maximum Gasteiger partial charge on any atom is 0.410 e. The third kappa shape index (κ3) is 3.70. The average molecular weight is 360 g/mol. The van der Waals surface area contributed by atoms with E-state index in [0.717, 1.165) is 18.4 Å². The van der Waals surface area contributed by atoms with Gasteiger partial charge in [-0.2, -0.15) is 0 Å². The topological polar surface area (TPSA) is 81.9 Å². The molecule has 1 aromatic rings. The number of nitrogens with zero attached hydrogens (tertiary/aromatic N) is 1. The van der Waals surface area contributed by atoms with E-state index in [1.807, 2.05) is 51.1 Å². The molecule has 6 heteroatoms. The van der Waals surface area contributed by atoms with Crippen LogP contribution in [-0.2, 0) is 20.9 Å². The zero-order valence-corrected chi connectivity index (χ0v) is 15.8. The van der Waals surface area contributed by atoms with Crippen LogP contribution in [0.5, 0.6) is 0 Å². The lowest BCUT2D eigenvalue weighted by atomic mass is 9.90. The quantitative estimate of drug-likeness (QED) is 0.838. The van der Waals surface area contributed by atoms with Crippen molar-refractivity contribution in [1.29, 1.82) is 0 Å². The third-order valence-corrected chi connectivity index (χ3v) is 5.24. The Balaban J connectivity index is 1.59. The molecule has 6 nitrogen and oxygen atoms in total. The maximum absolute atomic E-state index is 12.5. The van der Waals surface area contributed by atoms with Crippen LogP contribution < -0.4 is 5.73 Å². The molecular formula is C20H28N2O4. The number of esters is 1. The number of amides is 1. The minimum absolute atomic E-state index is 0.239. The van der Waals surface area contributed by atoms with Gasteiger partial charge in [-0.05, 0) is 45.6 Å². The molecule has 1 spiro atoms. The Kier molecular flexibility index (Phi) is 4.73. The summed E-state index contributed by atoms with van der Waals surface area (Å²) in [5.74, 6) is -0.371. The largest absolute Gasteiger partial charge is 0.459 e. The molecule has 0 bridgehead atoms. The minimum Gasteiger partial charge on any atom is -0.459 e. The molecule has 0 radical (unpaired) electrons. The summed E-state index contributed by atoms with van der Waals surface area (Å²) in [4.78, 5) is 26.6. The molecule has 142 valence electrons. The number of likely N-dealkylation sites (tertiary alicyclic amines) is 1. The highest BCUT2D eigenvalue weighted by molar-refractivity contribution is 5.87. The summed E-state index contributed by atoms with van der Waals surface area (Å²) in [6.07, 6.45) is 1.83. The van der Waals surface area contributed by atoms with Crippen LogP contribution in [0.25, 0.3) is 0 Å². The highest BCUT2D eigenvalue weighted by atomic mass is 16.6. The zero-order valence-electron chi connectivity index (χ0n) is 15.8. The van der Waals surface area contributed by atoms with Crippen molar-refractivity contribution >= 4 is 12.1 Å². The van der Waals surface area contributed by atoms with Crippen LogP contribution in [0.15, 0.2) is 30.3 Å². The van der Waals surface area contributed by atoms with Crippen molar-refractivity contribution in [3.05, 3.63) is 35.9 Å². The van der Waals surface area contributed by atoms with Gasteiger partial charge in [0.25, 0.3) is 0 Å². The number of hydrogen-bond acceptors (Lipinski definition) is 5. The molecule has 2 unspecified atom stereocenters. The smallest absolute Gasteiger partial charge is 0.410 e. The van der Waals surface area contributed by atoms with E-state index in [4.69, 9.17) is 15.2 Å². The van der Waals surface area contributed by atoms with Crippen molar-refractivity contribution in [3.63, 3.8) is 0 Å². The monoisotopic (exact) mass is 360 g/mol. The molecule has 1 aliphatic heterocycles. The number of carbonyl (C=O) groups excluding carboxylic acids is 2. The van der Waals surface area contributed by atoms with E-state index in [2.05, 4.69) is 0 Å². The van der Waals surface area contributed by atoms with Gasteiger partial charge in [0.15, 0.2) is 0 Å². The summed E-state index contributed by atoms with van der Waals surface area (Å²) in [5, 5.41) is 0. The van der Waals surface area contributed by atoms with Gasteiger partial charge < -0.3 is 20.1 Å². The summed E-state index contributed by atoms with van der Waals surface area (Å²) in [7, 11) is 0. The molecule has 26 heavy (non-hydrogen) atoms. The van der Waals surface area contributed by atoms with E-state index < -0.39 is 11.1 Å². The van der Waals surface area contributed by atoms with Crippen LogP contribution in [0.3, 0.4) is 0 Å². The van der Waals surface area contributed by atoms with E-state index in [0.29, 0.717) is 19.5 Å². The van der Waals surface area contributed by atoms with Crippen LogP contribution in [0.1, 0.15) is 45.6 Å². The Morgan fingerprint density at radius 1 is 1.23 bits per heavy atom. The molecule has 3 rings (SSSR count). The summed E-state index contributed by atoms with van der Waals surface area (Å²) < 4.78 is 10.9. The molecule has 1 aliphatic carbocycles. The Labute approximate surface area is 154 Å². The molecule has 1 saturated heterocycles. The SMILES string of the molecule is CC(C)(C)OC(=O)C1(N)CC12CCCN(C(=O)OCc1ccccc1)C2. The standard InChI is InChI=1S/C20H28N2O4/c1-18(2,3)26-16(23)20(21)13-19(20)10-7-11-22(14-19)17(24)25-12-15-8-5-4-6-9-15/h4-6,8-9H,7,10-14,21H2,1-3H3. The number of ether oxygens (including phenoxy) is 2. The normalized spacial score (nSPS) is 27.9. The second-order valence-electron chi connectivity index (χ2n) is 8.50. The average Bonchev–Trinajstić information content (AvgIpc) is 3.16. The van der Waals surface area contributed by atoms with Gasteiger partial charge in [0.05, 0.1) is 0 Å². The Morgan fingerprint density at radius 3 is 2.58 bits per heavy atom. The highest BCUT2D eigenvalue weighted by Crippen LogP contribution is 2.60. The first-order valence-electron chi connectivity index (χ1n) is 9.13. The van der Waals surface area contributed by atoms with Gasteiger partial charge in [0.1, 0.15) is 17.7 Å². The summed E-state index contributed by atoms with van der Waals surface area (Å²) >= 11 is 0. The molecule has 2 atom stereocenters. The molecule has 2 N–H and O–H groups in total. The van der Waals surface area contributed by atoms with Crippen molar-refractivity contribution in [2.45, 2.75) is 57.8 Å². The molecule has 0 aromatic heterocycles. The summed E-state index contributed by atoms with van der Waals surface area (Å²) in [6, 6.07) is 9.57. The van der Waals surface area contributed by atoms with E-state index >= 15 is 0 Å². The Morgan fingerprint density at radius 2 is 1.92 bits per heavy atom. The minimum atomic E-state index is -1.00. The number of benzene rings is 1. The number of hydrogen-bond donors (Lipinski definition) is 1. The van der Waals surface area contributed by atoms with E-state index in [9.17, 15) is 9.59 Å². The Bertz CT molecular complexity index is 685. The van der Waals surface area contributed by atoms with Crippen LogP contribution in [-0.4, -0.2) is 41.2 Å². The molecule has 2 fully saturated rings. The van der Waals surface area contributed by atoms with Gasteiger partial charge in [0, 0.05) is 18.5 Å². The van der Waals surface area contributed by atoms with Gasteiger partial charge in [-0.15, -0.1) is 0 Å². The second-order valence-corrected chi connectivity index (χ2v) is 8.50. The van der Waals surface area contributed by atoms with Crippen molar-refractivity contribution in [3.8, 4) is 0 Å². The number of piperidine rings is 1. The van der Waals surface area contributed by atoms with Crippen molar-refractivity contribution < 1.29 is 19.1 Å². The van der Waals surface area contributed by atoms with Crippen LogP contribution in [0.4, 0.5) is 4.79 Å². The number of nitrogens with two attached hydrogens (primary N) is 1. The summed E-state index contributed by atoms with van der Waals surface area (Å²) in [5.41, 5.74) is 5.36. The van der Waals surface area contributed by atoms with Crippen molar-refractivity contribution in [2.24, 2.45) is 11.1 Å². The first-order valence-corrected chi connectivity index (χ1v) is 9.13. The molecular weight excluding hydrogens is 332 g/mol. The predicted molar refractivity (Wildman–Crippen MR) is 97.2 cm³/mol. The summed E-state index contributed by atoms with van der Waals surface area (Å²) in [6.45, 7) is 6.80. The maximum atomic E-state index is 12.5. The van der Waals surface area contributed by atoms with Gasteiger partial charge in [0.2, 0.25) is 0 Å². The molecule has 1 aromatic carbocycles. The molecule has 1 amide bonds. The fourth-order valence-electron chi connectivity index (χ4n) is 3.75. The zero-order chi connectivity index (χ0) is 19.0. The van der Waals surface area contributed by atoms with Crippen LogP contribution in [0.2, 0.25) is 0 Å². The van der Waals surface area contributed by atoms with E-state index in [-0.39, 0.29) is 24.1 Å². The van der Waals surface area contributed by atoms with Crippen LogP contribution >= 0.6 is 0 Å². The van der Waals surface area contributed by atoms with E-state index in [1.165, 1.54) is 0 Å². The second kappa shape index (κ2) is 6.58. The third-order valence-electron chi connectivity index (χ3n) is 5.24. The van der Waals surface area contributed by atoms with Crippen LogP contribution in [0, 0.1) is 5.41 Å². The molecule has 2 aliphatic rings. The molecule has 1 heterocycles. The number of carbonyl (C=O) groups is 2. The van der Waals surface area contributed by atoms with Gasteiger partial charge in [-0.3, -0.25) is 4.79 Å². The first-order chi connectivity index (χ1) is 12.2. The van der Waals surface area contributed by atoms with Crippen molar-refractivity contribution in [2.75, 3.05) is 13.1 Å². The van der Waals surface area contributed by atoms with E-state index in [1.54, 1.807) is 4.90 Å². The molecule has 1 saturated carbocycles. The van der Waals surface area contributed by atoms with Gasteiger partial charge >= 0.3 is 12.1 Å². The van der Waals surface area contributed by atoms with Crippen molar-refractivity contribution in [1.82, 2.24) is 4.90 Å². The van der Waals surface area contributed by atoms with Gasteiger partial charge in [-0.25, -0.2) is 4.79 Å². The fraction of sp³-hybridized carbons (Fsp3) is 0.600. The highest BCUT2D eigenvalue weighted by Gasteiger charge is 2.72.